The molecule has 0 radical (unpaired) electrons. The van der Waals surface area contributed by atoms with E-state index in [1.54, 1.807) is 6.20 Å². The molecule has 3 nitrogen and oxygen atoms in total. The number of pyridine rings is 1. The summed E-state index contributed by atoms with van der Waals surface area (Å²) in [5, 5.41) is 1.00. The molecule has 2 unspecified atom stereocenters. The van der Waals surface area contributed by atoms with Gasteiger partial charge in [0.1, 0.15) is 0 Å². The molecule has 1 saturated carbocycles. The van der Waals surface area contributed by atoms with Crippen LogP contribution >= 0.6 is 0 Å². The van der Waals surface area contributed by atoms with E-state index in [-0.39, 0.29) is 11.8 Å². The van der Waals surface area contributed by atoms with E-state index in [4.69, 9.17) is 5.73 Å². The van der Waals surface area contributed by atoms with Crippen LogP contribution in [0, 0.1) is 5.41 Å². The molecule has 1 heterocycles. The number of hydrogen-bond donors (Lipinski definition) is 1. The van der Waals surface area contributed by atoms with Gasteiger partial charge in [-0.2, -0.15) is 0 Å². The first-order valence-corrected chi connectivity index (χ1v) is 6.76. The molecule has 1 aromatic carbocycles. The fourth-order valence-electron chi connectivity index (χ4n) is 3.02. The summed E-state index contributed by atoms with van der Waals surface area (Å²) in [5.74, 6) is 0.170. The van der Waals surface area contributed by atoms with Gasteiger partial charge in [-0.05, 0) is 37.1 Å². The topological polar surface area (TPSA) is 56.0 Å². The molecular weight excluding hydrogens is 236 g/mol. The van der Waals surface area contributed by atoms with Gasteiger partial charge in [0.05, 0.1) is 5.52 Å². The number of ketones is 1. The zero-order chi connectivity index (χ0) is 13.5. The van der Waals surface area contributed by atoms with Crippen LogP contribution in [0.25, 0.3) is 10.9 Å². The fraction of sp³-hybridized carbons (Fsp3) is 0.375. The van der Waals surface area contributed by atoms with Crippen LogP contribution in [0.2, 0.25) is 0 Å². The Kier molecular flexibility index (Phi) is 2.86. The van der Waals surface area contributed by atoms with Crippen LogP contribution in [0.4, 0.5) is 0 Å². The second kappa shape index (κ2) is 4.42. The molecule has 1 aliphatic rings. The predicted molar refractivity (Wildman–Crippen MR) is 76.0 cm³/mol. The Bertz CT molecular complexity index is 637. The highest BCUT2D eigenvalue weighted by Crippen LogP contribution is 2.39. The number of benzene rings is 1. The van der Waals surface area contributed by atoms with Crippen molar-refractivity contribution in [2.45, 2.75) is 32.2 Å². The largest absolute Gasteiger partial charge is 0.327 e. The van der Waals surface area contributed by atoms with Crippen molar-refractivity contribution >= 4 is 16.7 Å². The lowest BCUT2D eigenvalue weighted by Gasteiger charge is -2.27. The number of Topliss-reactive ketones (excluding diaryl/α,β-unsaturated/α-hetero) is 1. The summed E-state index contributed by atoms with van der Waals surface area (Å²) >= 11 is 0. The van der Waals surface area contributed by atoms with Crippen molar-refractivity contribution in [1.29, 1.82) is 0 Å². The average molecular weight is 254 g/mol. The van der Waals surface area contributed by atoms with Crippen LogP contribution in [0.1, 0.15) is 36.5 Å². The number of fused-ring (bicyclic) bond motifs is 1. The Labute approximate surface area is 112 Å². The quantitative estimate of drug-likeness (QED) is 0.838. The number of carbonyl (C=O) groups excluding carboxylic acids is 1. The molecule has 1 fully saturated rings. The van der Waals surface area contributed by atoms with Crippen molar-refractivity contribution in [3.63, 3.8) is 0 Å². The van der Waals surface area contributed by atoms with Gasteiger partial charge in [0.2, 0.25) is 0 Å². The van der Waals surface area contributed by atoms with Gasteiger partial charge in [-0.3, -0.25) is 9.78 Å². The molecular formula is C16H18N2O. The van der Waals surface area contributed by atoms with Crippen molar-refractivity contribution in [2.75, 3.05) is 0 Å². The summed E-state index contributed by atoms with van der Waals surface area (Å²) in [7, 11) is 0. The number of nitrogens with two attached hydrogens (primary N) is 1. The summed E-state index contributed by atoms with van der Waals surface area (Å²) in [5.41, 5.74) is 7.39. The van der Waals surface area contributed by atoms with E-state index < -0.39 is 5.41 Å². The Morgan fingerprint density at radius 1 is 1.42 bits per heavy atom. The third-order valence-corrected chi connectivity index (χ3v) is 4.41. The fourth-order valence-corrected chi connectivity index (χ4v) is 3.02. The van der Waals surface area contributed by atoms with Gasteiger partial charge < -0.3 is 5.73 Å². The summed E-state index contributed by atoms with van der Waals surface area (Å²) in [6, 6.07) is 9.56. The predicted octanol–water partition coefficient (Wildman–Crippen LogP) is 2.94. The van der Waals surface area contributed by atoms with Crippen LogP contribution in [0.5, 0.6) is 0 Å². The highest BCUT2D eigenvalue weighted by atomic mass is 16.1. The second-order valence-electron chi connectivity index (χ2n) is 5.66. The SMILES string of the molecule is CC1(C(=O)c2ccc3ncccc3c2)CCCC1N. The summed E-state index contributed by atoms with van der Waals surface area (Å²) in [6.07, 6.45) is 4.63. The van der Waals surface area contributed by atoms with Gasteiger partial charge in [0.25, 0.3) is 0 Å². The Morgan fingerprint density at radius 2 is 2.26 bits per heavy atom. The first-order valence-electron chi connectivity index (χ1n) is 6.76. The van der Waals surface area contributed by atoms with E-state index in [2.05, 4.69) is 4.98 Å². The smallest absolute Gasteiger partial charge is 0.170 e. The number of carbonyl (C=O) groups is 1. The van der Waals surface area contributed by atoms with Crippen molar-refractivity contribution < 1.29 is 4.79 Å². The molecule has 2 N–H and O–H groups in total. The van der Waals surface area contributed by atoms with Crippen molar-refractivity contribution in [1.82, 2.24) is 4.98 Å². The first-order chi connectivity index (χ1) is 9.11. The molecule has 0 saturated heterocycles. The van der Waals surface area contributed by atoms with Gasteiger partial charge in [-0.15, -0.1) is 0 Å². The third kappa shape index (κ3) is 1.94. The molecule has 0 spiro atoms. The standard InChI is InChI=1S/C16H18N2O/c1-16(8-2-5-14(16)17)15(19)12-6-7-13-11(10-12)4-3-9-18-13/h3-4,6-7,9-10,14H,2,5,8,17H2,1H3. The first kappa shape index (κ1) is 12.3. The molecule has 0 aliphatic heterocycles. The number of hydrogen-bond acceptors (Lipinski definition) is 3. The average Bonchev–Trinajstić information content (AvgIpc) is 2.78. The van der Waals surface area contributed by atoms with Gasteiger partial charge in [0, 0.05) is 28.6 Å². The van der Waals surface area contributed by atoms with E-state index >= 15 is 0 Å². The normalized spacial score (nSPS) is 26.7. The van der Waals surface area contributed by atoms with Gasteiger partial charge in [0.15, 0.2) is 5.78 Å². The van der Waals surface area contributed by atoms with E-state index in [1.165, 1.54) is 0 Å². The van der Waals surface area contributed by atoms with Crippen molar-refractivity contribution in [2.24, 2.45) is 11.1 Å². The Morgan fingerprint density at radius 3 is 3.00 bits per heavy atom. The molecule has 2 atom stereocenters. The van der Waals surface area contributed by atoms with Crippen LogP contribution in [-0.2, 0) is 0 Å². The molecule has 1 aliphatic carbocycles. The lowest BCUT2D eigenvalue weighted by molar-refractivity contribution is 0.0803. The molecule has 19 heavy (non-hydrogen) atoms. The molecule has 3 heteroatoms. The Balaban J connectivity index is 2.02. The minimum atomic E-state index is -0.407. The van der Waals surface area contributed by atoms with Crippen molar-refractivity contribution in [3.8, 4) is 0 Å². The van der Waals surface area contributed by atoms with Gasteiger partial charge in [-0.1, -0.05) is 19.4 Å². The molecule has 98 valence electrons. The van der Waals surface area contributed by atoms with Gasteiger partial charge >= 0.3 is 0 Å². The lowest BCUT2D eigenvalue weighted by Crippen LogP contribution is -2.41. The van der Waals surface area contributed by atoms with Crippen LogP contribution in [-0.4, -0.2) is 16.8 Å². The summed E-state index contributed by atoms with van der Waals surface area (Å²) in [6.45, 7) is 2.00. The van der Waals surface area contributed by atoms with Gasteiger partial charge in [-0.25, -0.2) is 0 Å². The van der Waals surface area contributed by atoms with E-state index in [0.717, 1.165) is 35.7 Å². The number of nitrogens with zero attached hydrogens (tertiary/aromatic N) is 1. The maximum Gasteiger partial charge on any atom is 0.170 e. The molecule has 3 rings (SSSR count). The summed E-state index contributed by atoms with van der Waals surface area (Å²) in [4.78, 5) is 17.0. The molecule has 2 aromatic rings. The van der Waals surface area contributed by atoms with Crippen LogP contribution in [0.3, 0.4) is 0 Å². The summed E-state index contributed by atoms with van der Waals surface area (Å²) < 4.78 is 0. The number of aromatic nitrogens is 1. The van der Waals surface area contributed by atoms with Crippen LogP contribution in [0.15, 0.2) is 36.5 Å². The number of rotatable bonds is 2. The molecule has 0 bridgehead atoms. The van der Waals surface area contributed by atoms with E-state index in [1.807, 2.05) is 37.3 Å². The Hall–Kier alpha value is -1.74. The maximum atomic E-state index is 12.7. The highest BCUT2D eigenvalue weighted by Gasteiger charge is 2.43. The lowest BCUT2D eigenvalue weighted by atomic mass is 9.78. The highest BCUT2D eigenvalue weighted by molar-refractivity contribution is 6.03. The van der Waals surface area contributed by atoms with E-state index in [9.17, 15) is 4.79 Å². The van der Waals surface area contributed by atoms with Crippen molar-refractivity contribution in [3.05, 3.63) is 42.1 Å². The minimum Gasteiger partial charge on any atom is -0.327 e. The minimum absolute atomic E-state index is 0.0235. The van der Waals surface area contributed by atoms with Crippen LogP contribution < -0.4 is 5.73 Å². The zero-order valence-corrected chi connectivity index (χ0v) is 11.1. The third-order valence-electron chi connectivity index (χ3n) is 4.41. The zero-order valence-electron chi connectivity index (χ0n) is 11.1. The second-order valence-corrected chi connectivity index (χ2v) is 5.66. The molecule has 1 aromatic heterocycles. The monoisotopic (exact) mass is 254 g/mol. The molecule has 0 amide bonds. The maximum absolute atomic E-state index is 12.7. The van der Waals surface area contributed by atoms with E-state index in [0.29, 0.717) is 0 Å².